The molecule has 0 saturated carbocycles. The van der Waals surface area contributed by atoms with Crippen molar-refractivity contribution in [3.63, 3.8) is 0 Å². The number of nitrogens with zero attached hydrogens (tertiary/aromatic N) is 3. The maximum Gasteiger partial charge on any atom is 0.153 e. The van der Waals surface area contributed by atoms with Gasteiger partial charge >= 0.3 is 0 Å². The van der Waals surface area contributed by atoms with Crippen molar-refractivity contribution in [3.05, 3.63) is 24.0 Å². The molecule has 2 aromatic rings. The fraction of sp³-hybridized carbons (Fsp3) is 0.455. The van der Waals surface area contributed by atoms with Crippen LogP contribution < -0.4 is 10.6 Å². The van der Waals surface area contributed by atoms with E-state index in [0.717, 1.165) is 36.7 Å². The summed E-state index contributed by atoms with van der Waals surface area (Å²) in [5.41, 5.74) is 1.89. The summed E-state index contributed by atoms with van der Waals surface area (Å²) >= 11 is 0. The van der Waals surface area contributed by atoms with Crippen molar-refractivity contribution in [1.29, 1.82) is 0 Å². The fourth-order valence-corrected chi connectivity index (χ4v) is 2.06. The van der Waals surface area contributed by atoms with Gasteiger partial charge < -0.3 is 10.6 Å². The van der Waals surface area contributed by atoms with Crippen LogP contribution in [0.4, 0.5) is 5.82 Å². The number of aryl methyl sites for hydroxylation is 1. The predicted octanol–water partition coefficient (Wildman–Crippen LogP) is 1.66. The lowest BCUT2D eigenvalue weighted by molar-refractivity contribution is 0.778. The Kier molecular flexibility index (Phi) is 5.19. The lowest BCUT2D eigenvalue weighted by Gasteiger charge is -2.11. The number of imidazole rings is 1. The maximum absolute atomic E-state index is 4.47. The van der Waals surface area contributed by atoms with Gasteiger partial charge in [-0.15, -0.1) is 29.9 Å². The Morgan fingerprint density at radius 3 is 2.94 bits per heavy atom. The molecule has 0 aliphatic carbocycles. The van der Waals surface area contributed by atoms with Crippen LogP contribution in [0.2, 0.25) is 0 Å². The molecular weight excluding hydrogens is 273 g/mol. The molecule has 1 fully saturated rings. The standard InChI is InChI=1S/C11H15N5.2ClH/c1-8-7-16-11(13-8)3-2-10(15-16)14-9-4-5-12-6-9;;/h2-3,7,9,12H,4-6H2,1H3,(H,14,15);2*1H. The van der Waals surface area contributed by atoms with Crippen molar-refractivity contribution >= 4 is 36.3 Å². The summed E-state index contributed by atoms with van der Waals surface area (Å²) in [6, 6.07) is 4.47. The van der Waals surface area contributed by atoms with Gasteiger partial charge in [0.2, 0.25) is 0 Å². The second-order valence-electron chi connectivity index (χ2n) is 4.24. The lowest BCUT2D eigenvalue weighted by atomic mass is 10.2. The molecule has 0 radical (unpaired) electrons. The Morgan fingerprint density at radius 2 is 2.22 bits per heavy atom. The van der Waals surface area contributed by atoms with Crippen LogP contribution in [0.3, 0.4) is 0 Å². The Morgan fingerprint density at radius 1 is 1.39 bits per heavy atom. The average Bonchev–Trinajstić information content (AvgIpc) is 2.85. The first-order valence-corrected chi connectivity index (χ1v) is 5.61. The van der Waals surface area contributed by atoms with Gasteiger partial charge in [0, 0.05) is 12.6 Å². The van der Waals surface area contributed by atoms with E-state index in [9.17, 15) is 0 Å². The van der Waals surface area contributed by atoms with Crippen LogP contribution in [0.15, 0.2) is 18.3 Å². The number of rotatable bonds is 2. The van der Waals surface area contributed by atoms with E-state index in [1.807, 2.05) is 29.8 Å². The summed E-state index contributed by atoms with van der Waals surface area (Å²) in [5.74, 6) is 0.915. The van der Waals surface area contributed by atoms with Gasteiger partial charge in [-0.1, -0.05) is 0 Å². The highest BCUT2D eigenvalue weighted by atomic mass is 35.5. The molecule has 1 atom stereocenters. The zero-order chi connectivity index (χ0) is 11.0. The molecule has 0 aromatic carbocycles. The number of hydrogen-bond donors (Lipinski definition) is 2. The molecular formula is C11H17Cl2N5. The molecule has 1 aliphatic heterocycles. The van der Waals surface area contributed by atoms with E-state index in [2.05, 4.69) is 20.7 Å². The summed E-state index contributed by atoms with van der Waals surface area (Å²) in [6.45, 7) is 4.08. The molecule has 0 amide bonds. The molecule has 100 valence electrons. The van der Waals surface area contributed by atoms with E-state index in [4.69, 9.17) is 0 Å². The van der Waals surface area contributed by atoms with Gasteiger partial charge in [0.15, 0.2) is 5.65 Å². The maximum atomic E-state index is 4.47. The first kappa shape index (κ1) is 15.0. The van der Waals surface area contributed by atoms with E-state index >= 15 is 0 Å². The molecule has 5 nitrogen and oxygen atoms in total. The molecule has 2 N–H and O–H groups in total. The first-order chi connectivity index (χ1) is 7.81. The highest BCUT2D eigenvalue weighted by molar-refractivity contribution is 5.85. The molecule has 2 aromatic heterocycles. The van der Waals surface area contributed by atoms with E-state index in [-0.39, 0.29) is 24.8 Å². The fourth-order valence-electron chi connectivity index (χ4n) is 2.06. The van der Waals surface area contributed by atoms with Gasteiger partial charge in [-0.25, -0.2) is 9.50 Å². The Labute approximate surface area is 118 Å². The molecule has 0 bridgehead atoms. The molecule has 1 aliphatic rings. The van der Waals surface area contributed by atoms with E-state index in [0.29, 0.717) is 6.04 Å². The second-order valence-corrected chi connectivity index (χ2v) is 4.24. The van der Waals surface area contributed by atoms with Gasteiger partial charge in [0.25, 0.3) is 0 Å². The molecule has 1 unspecified atom stereocenters. The predicted molar refractivity (Wildman–Crippen MR) is 77.1 cm³/mol. The summed E-state index contributed by atoms with van der Waals surface area (Å²) in [6.07, 6.45) is 3.09. The largest absolute Gasteiger partial charge is 0.365 e. The minimum Gasteiger partial charge on any atom is -0.365 e. The monoisotopic (exact) mass is 289 g/mol. The van der Waals surface area contributed by atoms with Crippen molar-refractivity contribution in [1.82, 2.24) is 19.9 Å². The third kappa shape index (κ3) is 3.04. The summed E-state index contributed by atoms with van der Waals surface area (Å²) in [4.78, 5) is 4.35. The topological polar surface area (TPSA) is 54.2 Å². The van der Waals surface area contributed by atoms with Gasteiger partial charge in [-0.2, -0.15) is 0 Å². The molecule has 1 saturated heterocycles. The number of fused-ring (bicyclic) bond motifs is 1. The van der Waals surface area contributed by atoms with Crippen LogP contribution in [0.25, 0.3) is 5.65 Å². The van der Waals surface area contributed by atoms with E-state index in [1.54, 1.807) is 0 Å². The number of halogens is 2. The number of aromatic nitrogens is 3. The third-order valence-corrected chi connectivity index (χ3v) is 2.85. The van der Waals surface area contributed by atoms with Crippen molar-refractivity contribution in [2.75, 3.05) is 18.4 Å². The number of hydrogen-bond acceptors (Lipinski definition) is 4. The number of anilines is 1. The van der Waals surface area contributed by atoms with Crippen LogP contribution >= 0.6 is 24.8 Å². The number of nitrogens with one attached hydrogen (secondary N) is 2. The summed E-state index contributed by atoms with van der Waals surface area (Å²) in [7, 11) is 0. The molecule has 3 rings (SSSR count). The Balaban J connectivity index is 0.000000810. The van der Waals surface area contributed by atoms with Crippen LogP contribution in [0.1, 0.15) is 12.1 Å². The minimum absolute atomic E-state index is 0. The molecule has 7 heteroatoms. The summed E-state index contributed by atoms with van der Waals surface area (Å²) < 4.78 is 1.82. The van der Waals surface area contributed by atoms with Gasteiger partial charge in [0.05, 0.1) is 11.9 Å². The lowest BCUT2D eigenvalue weighted by Crippen LogP contribution is -2.23. The molecule has 3 heterocycles. The Hall–Kier alpha value is -1.04. The highest BCUT2D eigenvalue weighted by Crippen LogP contribution is 2.10. The average molecular weight is 290 g/mol. The SMILES string of the molecule is Cc1cn2nc(NC3CCNC3)ccc2n1.Cl.Cl. The van der Waals surface area contributed by atoms with Crippen LogP contribution in [-0.4, -0.2) is 33.7 Å². The van der Waals surface area contributed by atoms with Crippen LogP contribution in [0.5, 0.6) is 0 Å². The smallest absolute Gasteiger partial charge is 0.153 e. The van der Waals surface area contributed by atoms with Crippen molar-refractivity contribution in [2.45, 2.75) is 19.4 Å². The highest BCUT2D eigenvalue weighted by Gasteiger charge is 2.14. The summed E-state index contributed by atoms with van der Waals surface area (Å²) in [5, 5.41) is 11.2. The van der Waals surface area contributed by atoms with Crippen molar-refractivity contribution < 1.29 is 0 Å². The van der Waals surface area contributed by atoms with Crippen LogP contribution in [-0.2, 0) is 0 Å². The molecule has 0 spiro atoms. The third-order valence-electron chi connectivity index (χ3n) is 2.85. The van der Waals surface area contributed by atoms with Crippen LogP contribution in [0, 0.1) is 6.92 Å². The quantitative estimate of drug-likeness (QED) is 0.883. The normalized spacial score (nSPS) is 18.2. The minimum atomic E-state index is 0. The Bertz CT molecular complexity index is 507. The van der Waals surface area contributed by atoms with Gasteiger partial charge in [-0.05, 0) is 32.0 Å². The first-order valence-electron chi connectivity index (χ1n) is 5.61. The van der Waals surface area contributed by atoms with E-state index in [1.165, 1.54) is 0 Å². The molecule has 18 heavy (non-hydrogen) atoms. The van der Waals surface area contributed by atoms with Crippen molar-refractivity contribution in [2.24, 2.45) is 0 Å². The zero-order valence-electron chi connectivity index (χ0n) is 10.1. The van der Waals surface area contributed by atoms with E-state index < -0.39 is 0 Å². The van der Waals surface area contributed by atoms with Gasteiger partial charge in [-0.3, -0.25) is 0 Å². The second kappa shape index (κ2) is 6.22. The van der Waals surface area contributed by atoms with Gasteiger partial charge in [0.1, 0.15) is 5.82 Å². The zero-order valence-corrected chi connectivity index (χ0v) is 11.7. The van der Waals surface area contributed by atoms with Crippen molar-refractivity contribution in [3.8, 4) is 0 Å².